The monoisotopic (exact) mass is 235 g/mol. The van der Waals surface area contributed by atoms with Crippen LogP contribution in [0.3, 0.4) is 0 Å². The summed E-state index contributed by atoms with van der Waals surface area (Å²) >= 11 is 0. The highest BCUT2D eigenvalue weighted by atomic mass is 16.6. The summed E-state index contributed by atoms with van der Waals surface area (Å²) in [5.74, 6) is -0.114. The van der Waals surface area contributed by atoms with Gasteiger partial charge in [0.15, 0.2) is 0 Å². The molecule has 1 aromatic carbocycles. The average molecular weight is 235 g/mol. The highest BCUT2D eigenvalue weighted by Gasteiger charge is 2.18. The van der Waals surface area contributed by atoms with Crippen molar-refractivity contribution in [1.82, 2.24) is 4.90 Å². The average Bonchev–Trinajstić information content (AvgIpc) is 2.28. The summed E-state index contributed by atoms with van der Waals surface area (Å²) < 4.78 is 0. The van der Waals surface area contributed by atoms with Gasteiger partial charge in [0, 0.05) is 20.2 Å². The Hall–Kier alpha value is -2.24. The molecule has 0 spiro atoms. The Morgan fingerprint density at radius 2 is 1.94 bits per heavy atom. The molecule has 1 amide bonds. The molecule has 0 N–H and O–H groups in total. The predicted octanol–water partition coefficient (Wildman–Crippen LogP) is 1.72. The zero-order valence-electron chi connectivity index (χ0n) is 9.88. The molecule has 0 atom stereocenters. The van der Waals surface area contributed by atoms with Crippen LogP contribution in [0.25, 0.3) is 0 Å². The van der Waals surface area contributed by atoms with E-state index < -0.39 is 10.8 Å². The molecule has 1 aromatic rings. The van der Waals surface area contributed by atoms with E-state index in [-0.39, 0.29) is 11.3 Å². The van der Waals surface area contributed by atoms with Crippen molar-refractivity contribution in [3.63, 3.8) is 0 Å². The molecular weight excluding hydrogens is 222 g/mol. The zero-order valence-corrected chi connectivity index (χ0v) is 9.88. The van der Waals surface area contributed by atoms with Crippen LogP contribution >= 0.6 is 0 Å². The van der Waals surface area contributed by atoms with Crippen molar-refractivity contribution in [2.75, 3.05) is 14.1 Å². The van der Waals surface area contributed by atoms with Gasteiger partial charge in [0.2, 0.25) is 0 Å². The number of amidine groups is 1. The summed E-state index contributed by atoms with van der Waals surface area (Å²) in [6, 6.07) is 5.76. The molecule has 0 aliphatic heterocycles. The van der Waals surface area contributed by atoms with E-state index in [0.29, 0.717) is 5.84 Å². The first kappa shape index (κ1) is 12.8. The fourth-order valence-electron chi connectivity index (χ4n) is 1.12. The van der Waals surface area contributed by atoms with Gasteiger partial charge in [-0.2, -0.15) is 4.99 Å². The highest BCUT2D eigenvalue weighted by molar-refractivity contribution is 6.04. The van der Waals surface area contributed by atoms with E-state index in [0.717, 1.165) is 0 Å². The second-order valence-corrected chi connectivity index (χ2v) is 3.63. The Morgan fingerprint density at radius 1 is 1.35 bits per heavy atom. The van der Waals surface area contributed by atoms with Gasteiger partial charge in [0.1, 0.15) is 11.4 Å². The van der Waals surface area contributed by atoms with E-state index >= 15 is 0 Å². The molecule has 0 saturated heterocycles. The molecule has 6 nitrogen and oxygen atoms in total. The Bertz CT molecular complexity index is 481. The summed E-state index contributed by atoms with van der Waals surface area (Å²) in [7, 11) is 3.48. The SMILES string of the molecule is CC(=NC(=O)c1ccccc1[N+](=O)[O-])N(C)C. The molecule has 90 valence electrons. The molecule has 0 aromatic heterocycles. The first-order chi connectivity index (χ1) is 7.93. The van der Waals surface area contributed by atoms with Gasteiger partial charge in [-0.3, -0.25) is 14.9 Å². The Kier molecular flexibility index (Phi) is 3.92. The number of nitro benzene ring substituents is 1. The Labute approximate surface area is 98.7 Å². The second kappa shape index (κ2) is 5.20. The lowest BCUT2D eigenvalue weighted by Gasteiger charge is -2.10. The van der Waals surface area contributed by atoms with Crippen molar-refractivity contribution in [2.45, 2.75) is 6.92 Å². The van der Waals surface area contributed by atoms with E-state index in [4.69, 9.17) is 0 Å². The number of para-hydroxylation sites is 1. The van der Waals surface area contributed by atoms with Crippen molar-refractivity contribution < 1.29 is 9.72 Å². The van der Waals surface area contributed by atoms with Crippen LogP contribution in [0, 0.1) is 10.1 Å². The molecule has 6 heteroatoms. The topological polar surface area (TPSA) is 75.8 Å². The molecule has 1 rings (SSSR count). The summed E-state index contributed by atoms with van der Waals surface area (Å²) in [5.41, 5.74) is -0.230. The van der Waals surface area contributed by atoms with Gasteiger partial charge in [-0.15, -0.1) is 0 Å². The number of hydrogen-bond acceptors (Lipinski definition) is 3. The van der Waals surface area contributed by atoms with Crippen LogP contribution in [0.15, 0.2) is 29.3 Å². The van der Waals surface area contributed by atoms with E-state index in [1.165, 1.54) is 18.2 Å². The van der Waals surface area contributed by atoms with Gasteiger partial charge in [-0.05, 0) is 13.0 Å². The number of hydrogen-bond donors (Lipinski definition) is 0. The maximum atomic E-state index is 11.8. The number of nitro groups is 1. The standard InChI is InChI=1S/C11H13N3O3/c1-8(13(2)3)12-11(15)9-6-4-5-7-10(9)14(16)17/h4-7H,1-3H3. The summed E-state index contributed by atoms with van der Waals surface area (Å²) in [5, 5.41) is 10.7. The third-order valence-electron chi connectivity index (χ3n) is 2.24. The summed E-state index contributed by atoms with van der Waals surface area (Å²) in [6.07, 6.45) is 0. The lowest BCUT2D eigenvalue weighted by Crippen LogP contribution is -2.20. The Balaban J connectivity index is 3.13. The lowest BCUT2D eigenvalue weighted by atomic mass is 10.2. The third-order valence-corrected chi connectivity index (χ3v) is 2.24. The first-order valence-electron chi connectivity index (χ1n) is 4.94. The maximum Gasteiger partial charge on any atom is 0.285 e. The number of carbonyl (C=O) groups excluding carboxylic acids is 1. The minimum atomic E-state index is -0.608. The van der Waals surface area contributed by atoms with E-state index in [1.807, 2.05) is 0 Å². The van der Waals surface area contributed by atoms with Crippen molar-refractivity contribution >= 4 is 17.4 Å². The van der Waals surface area contributed by atoms with Crippen LogP contribution < -0.4 is 0 Å². The molecule has 0 unspecified atom stereocenters. The van der Waals surface area contributed by atoms with Crippen LogP contribution in [0.5, 0.6) is 0 Å². The van der Waals surface area contributed by atoms with Gasteiger partial charge in [0.25, 0.3) is 11.6 Å². The van der Waals surface area contributed by atoms with Crippen molar-refractivity contribution in [2.24, 2.45) is 4.99 Å². The highest BCUT2D eigenvalue weighted by Crippen LogP contribution is 2.18. The smallest absolute Gasteiger partial charge is 0.285 e. The second-order valence-electron chi connectivity index (χ2n) is 3.63. The van der Waals surface area contributed by atoms with Crippen LogP contribution in [0.4, 0.5) is 5.69 Å². The fraction of sp³-hybridized carbons (Fsp3) is 0.273. The molecule has 0 heterocycles. The van der Waals surface area contributed by atoms with Gasteiger partial charge in [0.05, 0.1) is 4.92 Å². The normalized spacial score (nSPS) is 11.1. The number of aliphatic imine (C=N–C) groups is 1. The molecular formula is C11H13N3O3. The number of carbonyl (C=O) groups is 1. The van der Waals surface area contributed by atoms with Crippen molar-refractivity contribution in [3.8, 4) is 0 Å². The summed E-state index contributed by atoms with van der Waals surface area (Å²) in [4.78, 5) is 27.4. The number of amides is 1. The van der Waals surface area contributed by atoms with Gasteiger partial charge >= 0.3 is 0 Å². The van der Waals surface area contributed by atoms with Crippen LogP contribution in [-0.2, 0) is 0 Å². The fourth-order valence-corrected chi connectivity index (χ4v) is 1.12. The number of nitrogens with zero attached hydrogens (tertiary/aromatic N) is 3. The summed E-state index contributed by atoms with van der Waals surface area (Å²) in [6.45, 7) is 1.66. The largest absolute Gasteiger partial charge is 0.366 e. The minimum absolute atomic E-state index is 0.00120. The van der Waals surface area contributed by atoms with Gasteiger partial charge < -0.3 is 4.90 Å². The van der Waals surface area contributed by atoms with Gasteiger partial charge in [-0.1, -0.05) is 12.1 Å². The predicted molar refractivity (Wildman–Crippen MR) is 64.2 cm³/mol. The molecule has 0 bridgehead atoms. The van der Waals surface area contributed by atoms with Crippen molar-refractivity contribution in [3.05, 3.63) is 39.9 Å². The number of benzene rings is 1. The van der Waals surface area contributed by atoms with Gasteiger partial charge in [-0.25, -0.2) is 0 Å². The molecule has 0 saturated carbocycles. The van der Waals surface area contributed by atoms with E-state index in [9.17, 15) is 14.9 Å². The van der Waals surface area contributed by atoms with E-state index in [1.54, 1.807) is 32.0 Å². The minimum Gasteiger partial charge on any atom is -0.366 e. The van der Waals surface area contributed by atoms with Crippen LogP contribution in [0.1, 0.15) is 17.3 Å². The first-order valence-corrected chi connectivity index (χ1v) is 4.94. The quantitative estimate of drug-likeness (QED) is 0.338. The Morgan fingerprint density at radius 3 is 2.47 bits per heavy atom. The third kappa shape index (κ3) is 3.10. The molecule has 17 heavy (non-hydrogen) atoms. The molecule has 0 aliphatic carbocycles. The molecule has 0 fully saturated rings. The maximum absolute atomic E-state index is 11.8. The van der Waals surface area contributed by atoms with Crippen LogP contribution in [0.2, 0.25) is 0 Å². The molecule has 0 aliphatic rings. The molecule has 0 radical (unpaired) electrons. The van der Waals surface area contributed by atoms with E-state index in [2.05, 4.69) is 4.99 Å². The zero-order chi connectivity index (χ0) is 13.0. The van der Waals surface area contributed by atoms with Crippen LogP contribution in [-0.4, -0.2) is 35.7 Å². The lowest BCUT2D eigenvalue weighted by molar-refractivity contribution is -0.385. The van der Waals surface area contributed by atoms with Crippen molar-refractivity contribution in [1.29, 1.82) is 0 Å². The number of rotatable bonds is 2.